The summed E-state index contributed by atoms with van der Waals surface area (Å²) in [5.74, 6) is -0.620. The number of carbonyl (C=O) groups is 1. The average Bonchev–Trinajstić information content (AvgIpc) is 3.34. The molecule has 0 atom stereocenters. The third-order valence-corrected chi connectivity index (χ3v) is 9.45. The number of thiazole rings is 1. The van der Waals surface area contributed by atoms with Crippen molar-refractivity contribution in [2.45, 2.75) is 32.3 Å². The van der Waals surface area contributed by atoms with E-state index in [9.17, 15) is 22.2 Å². The number of halogens is 1. The van der Waals surface area contributed by atoms with Gasteiger partial charge in [-0.05, 0) is 73.5 Å². The molecule has 2 heterocycles. The summed E-state index contributed by atoms with van der Waals surface area (Å²) in [5, 5.41) is 4.65. The van der Waals surface area contributed by atoms with Crippen LogP contribution in [0.1, 0.15) is 37.3 Å². The van der Waals surface area contributed by atoms with E-state index >= 15 is 0 Å². The van der Waals surface area contributed by atoms with Crippen molar-refractivity contribution in [1.29, 1.82) is 0 Å². The molecule has 0 spiro atoms. The molecule has 0 aliphatic carbocycles. The van der Waals surface area contributed by atoms with Gasteiger partial charge in [-0.3, -0.25) is 14.7 Å². The number of amides is 1. The highest BCUT2D eigenvalue weighted by Gasteiger charge is 2.26. The summed E-state index contributed by atoms with van der Waals surface area (Å²) >= 11 is 1.15. The van der Waals surface area contributed by atoms with Crippen molar-refractivity contribution < 1.29 is 36.0 Å². The molecule has 0 bridgehead atoms. The van der Waals surface area contributed by atoms with Gasteiger partial charge >= 0.3 is 7.60 Å². The van der Waals surface area contributed by atoms with Crippen molar-refractivity contribution in [3.8, 4) is 22.6 Å². The van der Waals surface area contributed by atoms with E-state index in [1.807, 2.05) is 0 Å². The third-order valence-electron chi connectivity index (χ3n) is 5.50. The van der Waals surface area contributed by atoms with Crippen molar-refractivity contribution in [3.05, 3.63) is 83.4 Å². The number of benzene rings is 2. The van der Waals surface area contributed by atoms with Crippen LogP contribution in [0.3, 0.4) is 0 Å². The highest BCUT2D eigenvalue weighted by atomic mass is 32.2. The molecular formula is C28H31FN3O7PS2. The Kier molecular flexibility index (Phi) is 11.1. The SMILES string of the molecule is C.CCOP(=O)(Cc1csc(NC(=O)c2cc(Oc3ccc(S(C)(=O)=O)cc3)cc(-c3ccnc(F)c3)c2)n1)OCC. The standard InChI is InChI=1S/C27H27FN3O7PS2.CH4/c1-4-36-39(33,37-5-2)16-21-17-40-27(30-21)31-26(32)20-12-19(18-10-11-29-25(28)15-18)13-23(14-20)38-22-6-8-24(9-7-22)41(3,34)35;/h6-15,17H,4-5,16H2,1-3H3,(H,30,31,32);1H4. The zero-order valence-corrected chi connectivity index (χ0v) is 24.9. The molecule has 0 unspecified atom stereocenters. The Morgan fingerprint density at radius 1 is 1.00 bits per heavy atom. The molecule has 0 fully saturated rings. The van der Waals surface area contributed by atoms with Gasteiger partial charge in [-0.15, -0.1) is 11.3 Å². The highest BCUT2D eigenvalue weighted by Crippen LogP contribution is 2.51. The number of nitrogens with zero attached hydrogens (tertiary/aromatic N) is 2. The maximum atomic E-state index is 13.9. The lowest BCUT2D eigenvalue weighted by molar-refractivity contribution is 0.102. The second-order valence-electron chi connectivity index (χ2n) is 8.66. The van der Waals surface area contributed by atoms with Crippen LogP contribution >= 0.6 is 18.9 Å². The first-order valence-electron chi connectivity index (χ1n) is 12.4. The Hall–Kier alpha value is -3.48. The fourth-order valence-corrected chi connectivity index (χ4v) is 6.82. The number of rotatable bonds is 12. The smallest absolute Gasteiger partial charge is 0.336 e. The number of ether oxygens (including phenoxy) is 1. The fourth-order valence-electron chi connectivity index (χ4n) is 3.76. The summed E-state index contributed by atoms with van der Waals surface area (Å²) in [7, 11) is -6.76. The Labute approximate surface area is 248 Å². The number of carbonyl (C=O) groups excluding carboxylic acids is 1. The number of anilines is 1. The molecule has 0 saturated heterocycles. The Bertz CT molecular complexity index is 1690. The number of sulfone groups is 1. The van der Waals surface area contributed by atoms with Gasteiger partial charge in [-0.25, -0.2) is 18.4 Å². The normalized spacial score (nSPS) is 11.5. The van der Waals surface area contributed by atoms with E-state index in [0.717, 1.165) is 17.6 Å². The molecule has 0 saturated carbocycles. The van der Waals surface area contributed by atoms with Crippen LogP contribution in [-0.4, -0.2) is 43.8 Å². The first kappa shape index (κ1) is 33.0. The summed E-state index contributed by atoms with van der Waals surface area (Å²) in [6.07, 6.45) is 2.37. The fraction of sp³-hybridized carbons (Fsp3) is 0.250. The van der Waals surface area contributed by atoms with Gasteiger partial charge in [0.05, 0.1) is 30.0 Å². The largest absolute Gasteiger partial charge is 0.457 e. The Morgan fingerprint density at radius 3 is 2.31 bits per heavy atom. The number of nitrogens with one attached hydrogen (secondary N) is 1. The average molecular weight is 636 g/mol. The zero-order valence-electron chi connectivity index (χ0n) is 22.4. The van der Waals surface area contributed by atoms with Gasteiger partial charge in [-0.2, -0.15) is 4.39 Å². The Balaban J connectivity index is 0.00000484. The predicted molar refractivity (Wildman–Crippen MR) is 161 cm³/mol. The highest BCUT2D eigenvalue weighted by molar-refractivity contribution is 7.90. The zero-order chi connectivity index (χ0) is 29.6. The summed E-state index contributed by atoms with van der Waals surface area (Å²) in [6.45, 7) is 3.87. The minimum atomic E-state index is -3.39. The summed E-state index contributed by atoms with van der Waals surface area (Å²) < 4.78 is 66.8. The summed E-state index contributed by atoms with van der Waals surface area (Å²) in [4.78, 5) is 21.3. The van der Waals surface area contributed by atoms with Crippen molar-refractivity contribution >= 4 is 39.8 Å². The first-order valence-corrected chi connectivity index (χ1v) is 16.9. The molecule has 10 nitrogen and oxygen atoms in total. The third kappa shape index (κ3) is 8.76. The first-order chi connectivity index (χ1) is 19.5. The van der Waals surface area contributed by atoms with Crippen molar-refractivity contribution in [2.75, 3.05) is 24.8 Å². The molecule has 2 aromatic carbocycles. The van der Waals surface area contributed by atoms with E-state index in [4.69, 9.17) is 13.8 Å². The monoisotopic (exact) mass is 635 g/mol. The van der Waals surface area contributed by atoms with E-state index < -0.39 is 29.3 Å². The van der Waals surface area contributed by atoms with E-state index in [-0.39, 0.29) is 48.1 Å². The van der Waals surface area contributed by atoms with Crippen LogP contribution in [-0.2, 0) is 29.6 Å². The van der Waals surface area contributed by atoms with Crippen LogP contribution in [0.5, 0.6) is 11.5 Å². The molecule has 1 N–H and O–H groups in total. The predicted octanol–water partition coefficient (Wildman–Crippen LogP) is 7.19. The molecule has 224 valence electrons. The van der Waals surface area contributed by atoms with Crippen LogP contribution in [0.15, 0.2) is 71.1 Å². The van der Waals surface area contributed by atoms with Crippen LogP contribution < -0.4 is 10.1 Å². The maximum absolute atomic E-state index is 13.9. The summed E-state index contributed by atoms with van der Waals surface area (Å²) in [6, 6.07) is 13.3. The van der Waals surface area contributed by atoms with Crippen LogP contribution in [0.25, 0.3) is 11.1 Å². The van der Waals surface area contributed by atoms with E-state index in [2.05, 4.69) is 15.3 Å². The second kappa shape index (κ2) is 14.1. The van der Waals surface area contributed by atoms with Crippen molar-refractivity contribution in [1.82, 2.24) is 9.97 Å². The van der Waals surface area contributed by atoms with Gasteiger partial charge in [0.2, 0.25) is 5.95 Å². The molecule has 14 heteroatoms. The van der Waals surface area contributed by atoms with Gasteiger partial charge < -0.3 is 13.8 Å². The lowest BCUT2D eigenvalue weighted by Crippen LogP contribution is -2.12. The minimum Gasteiger partial charge on any atom is -0.457 e. The van der Waals surface area contributed by atoms with E-state index in [0.29, 0.717) is 22.6 Å². The van der Waals surface area contributed by atoms with Gasteiger partial charge in [0.1, 0.15) is 11.5 Å². The lowest BCUT2D eigenvalue weighted by Gasteiger charge is -2.15. The van der Waals surface area contributed by atoms with E-state index in [1.54, 1.807) is 37.4 Å². The maximum Gasteiger partial charge on any atom is 0.336 e. The molecular weight excluding hydrogens is 604 g/mol. The van der Waals surface area contributed by atoms with Gasteiger partial charge in [0.15, 0.2) is 15.0 Å². The molecule has 0 aliphatic rings. The molecule has 42 heavy (non-hydrogen) atoms. The lowest BCUT2D eigenvalue weighted by atomic mass is 10.0. The molecule has 4 aromatic rings. The molecule has 1 amide bonds. The quantitative estimate of drug-likeness (QED) is 0.127. The van der Waals surface area contributed by atoms with Gasteiger partial charge in [-0.1, -0.05) is 7.43 Å². The molecule has 2 aromatic heterocycles. The Morgan fingerprint density at radius 2 is 1.69 bits per heavy atom. The van der Waals surface area contributed by atoms with Crippen LogP contribution in [0, 0.1) is 5.95 Å². The number of hydrogen-bond acceptors (Lipinski definition) is 10. The van der Waals surface area contributed by atoms with Crippen molar-refractivity contribution in [3.63, 3.8) is 0 Å². The molecule has 0 aliphatic heterocycles. The molecule has 4 rings (SSSR count). The molecule has 0 radical (unpaired) electrons. The minimum absolute atomic E-state index is 0. The number of aromatic nitrogens is 2. The van der Waals surface area contributed by atoms with Gasteiger partial charge in [0.25, 0.3) is 5.91 Å². The van der Waals surface area contributed by atoms with Gasteiger partial charge in [0, 0.05) is 29.5 Å². The van der Waals surface area contributed by atoms with Crippen LogP contribution in [0.2, 0.25) is 0 Å². The number of pyridine rings is 1. The summed E-state index contributed by atoms with van der Waals surface area (Å²) in [5.41, 5.74) is 1.58. The van der Waals surface area contributed by atoms with Crippen LogP contribution in [0.4, 0.5) is 9.52 Å². The number of hydrogen-bond donors (Lipinski definition) is 1. The topological polar surface area (TPSA) is 134 Å². The second-order valence-corrected chi connectivity index (χ2v) is 13.6. The van der Waals surface area contributed by atoms with Crippen molar-refractivity contribution in [2.24, 2.45) is 0 Å². The van der Waals surface area contributed by atoms with E-state index in [1.165, 1.54) is 42.6 Å².